The maximum atomic E-state index is 5.80. The van der Waals surface area contributed by atoms with E-state index in [1.807, 2.05) is 12.2 Å². The van der Waals surface area contributed by atoms with Crippen LogP contribution in [0.25, 0.3) is 0 Å². The van der Waals surface area contributed by atoms with Crippen LogP contribution < -0.4 is 0 Å². The molecule has 0 unspecified atom stereocenters. The van der Waals surface area contributed by atoms with E-state index in [4.69, 9.17) is 11.6 Å². The molecule has 0 spiro atoms. The average molecular weight is 141 g/mol. The maximum absolute atomic E-state index is 5.80. The topological polar surface area (TPSA) is 0 Å². The quantitative estimate of drug-likeness (QED) is 0.525. The summed E-state index contributed by atoms with van der Waals surface area (Å²) in [5.41, 5.74) is 1.17. The van der Waals surface area contributed by atoms with Crippen molar-refractivity contribution in [2.45, 2.75) is 12.8 Å². The number of rotatable bonds is 1. The van der Waals surface area contributed by atoms with Gasteiger partial charge in [-0.1, -0.05) is 30.3 Å². The molecule has 0 fully saturated rings. The molecule has 0 aromatic rings. The van der Waals surface area contributed by atoms with E-state index in [2.05, 4.69) is 12.7 Å². The van der Waals surface area contributed by atoms with Gasteiger partial charge in [0.1, 0.15) is 0 Å². The second-order valence-corrected chi connectivity index (χ2v) is 2.43. The highest BCUT2D eigenvalue weighted by atomic mass is 35.5. The van der Waals surface area contributed by atoms with E-state index in [-0.39, 0.29) is 0 Å². The molecular weight excluding hydrogens is 132 g/mol. The largest absolute Gasteiger partial charge is 0.0987 e. The van der Waals surface area contributed by atoms with E-state index in [9.17, 15) is 0 Å². The molecule has 0 atom stereocenters. The van der Waals surface area contributed by atoms with Crippen molar-refractivity contribution in [2.24, 2.45) is 0 Å². The minimum Gasteiger partial charge on any atom is -0.0987 e. The maximum Gasteiger partial charge on any atom is 0.0434 e. The van der Waals surface area contributed by atoms with Crippen LogP contribution in [0.3, 0.4) is 0 Å². The van der Waals surface area contributed by atoms with Crippen molar-refractivity contribution < 1.29 is 0 Å². The molecule has 1 heteroatoms. The first kappa shape index (κ1) is 6.63. The van der Waals surface area contributed by atoms with Gasteiger partial charge in [0.2, 0.25) is 0 Å². The van der Waals surface area contributed by atoms with Crippen molar-refractivity contribution in [3.8, 4) is 0 Å². The summed E-state index contributed by atoms with van der Waals surface area (Å²) in [4.78, 5) is 0. The molecule has 0 nitrogen and oxygen atoms in total. The predicted octanol–water partition coefficient (Wildman–Crippen LogP) is 3.02. The lowest BCUT2D eigenvalue weighted by molar-refractivity contribution is 0.986. The van der Waals surface area contributed by atoms with Crippen molar-refractivity contribution >= 4 is 11.6 Å². The van der Waals surface area contributed by atoms with E-state index < -0.39 is 0 Å². The Morgan fingerprint density at radius 3 is 2.89 bits per heavy atom. The number of allylic oxidation sites excluding steroid dienone is 5. The summed E-state index contributed by atoms with van der Waals surface area (Å²) < 4.78 is 0. The van der Waals surface area contributed by atoms with Gasteiger partial charge in [0.15, 0.2) is 0 Å². The highest BCUT2D eigenvalue weighted by Crippen LogP contribution is 2.21. The molecule has 1 rings (SSSR count). The zero-order valence-corrected chi connectivity index (χ0v) is 5.99. The molecular formula is C8H9Cl. The molecule has 0 amide bonds. The Morgan fingerprint density at radius 2 is 2.44 bits per heavy atom. The molecule has 0 aromatic heterocycles. The van der Waals surface area contributed by atoms with E-state index in [1.54, 1.807) is 0 Å². The average Bonchev–Trinajstić information content (AvgIpc) is 1.89. The Hall–Kier alpha value is -0.490. The summed E-state index contributed by atoms with van der Waals surface area (Å²) in [7, 11) is 0. The highest BCUT2D eigenvalue weighted by molar-refractivity contribution is 6.31. The van der Waals surface area contributed by atoms with Crippen LogP contribution in [0.2, 0.25) is 0 Å². The van der Waals surface area contributed by atoms with Crippen LogP contribution in [0.15, 0.2) is 35.4 Å². The molecule has 0 heterocycles. The predicted molar refractivity (Wildman–Crippen MR) is 41.5 cm³/mol. The number of halogens is 1. The summed E-state index contributed by atoms with van der Waals surface area (Å²) in [6, 6.07) is 0. The molecule has 0 N–H and O–H groups in total. The SMILES string of the molecule is C=CC1=C(Cl)C=CCC1. The Kier molecular flexibility index (Phi) is 2.12. The monoisotopic (exact) mass is 140 g/mol. The molecule has 0 radical (unpaired) electrons. The minimum absolute atomic E-state index is 0.844. The van der Waals surface area contributed by atoms with Gasteiger partial charge >= 0.3 is 0 Å². The molecule has 9 heavy (non-hydrogen) atoms. The first-order valence-electron chi connectivity index (χ1n) is 3.02. The molecule has 0 saturated carbocycles. The van der Waals surface area contributed by atoms with E-state index in [0.29, 0.717) is 0 Å². The van der Waals surface area contributed by atoms with Crippen molar-refractivity contribution in [3.05, 3.63) is 35.4 Å². The lowest BCUT2D eigenvalue weighted by Crippen LogP contribution is -1.85. The van der Waals surface area contributed by atoms with Crippen molar-refractivity contribution in [3.63, 3.8) is 0 Å². The van der Waals surface area contributed by atoms with E-state index in [1.165, 1.54) is 5.57 Å². The van der Waals surface area contributed by atoms with Gasteiger partial charge in [-0.3, -0.25) is 0 Å². The Balaban J connectivity index is 2.84. The van der Waals surface area contributed by atoms with Crippen LogP contribution in [0.5, 0.6) is 0 Å². The molecule has 48 valence electrons. The second kappa shape index (κ2) is 2.88. The first-order valence-corrected chi connectivity index (χ1v) is 3.40. The smallest absolute Gasteiger partial charge is 0.0434 e. The third kappa shape index (κ3) is 1.46. The summed E-state index contributed by atoms with van der Waals surface area (Å²) >= 11 is 5.80. The molecule has 0 bridgehead atoms. The molecule has 1 aliphatic rings. The normalized spacial score (nSPS) is 18.3. The first-order chi connectivity index (χ1) is 4.34. The van der Waals surface area contributed by atoms with Crippen LogP contribution in [-0.4, -0.2) is 0 Å². The zero-order valence-electron chi connectivity index (χ0n) is 5.23. The van der Waals surface area contributed by atoms with Gasteiger partial charge in [-0.2, -0.15) is 0 Å². The van der Waals surface area contributed by atoms with Crippen LogP contribution in [0.4, 0.5) is 0 Å². The van der Waals surface area contributed by atoms with Gasteiger partial charge in [0.25, 0.3) is 0 Å². The second-order valence-electron chi connectivity index (χ2n) is 2.02. The van der Waals surface area contributed by atoms with E-state index in [0.717, 1.165) is 17.9 Å². The van der Waals surface area contributed by atoms with Crippen molar-refractivity contribution in [1.82, 2.24) is 0 Å². The molecule has 0 aromatic carbocycles. The Morgan fingerprint density at radius 1 is 1.67 bits per heavy atom. The van der Waals surface area contributed by atoms with Gasteiger partial charge in [0.05, 0.1) is 0 Å². The fraction of sp³-hybridized carbons (Fsp3) is 0.250. The summed E-state index contributed by atoms with van der Waals surface area (Å²) in [6.45, 7) is 3.66. The fourth-order valence-corrected chi connectivity index (χ4v) is 1.11. The van der Waals surface area contributed by atoms with Crippen molar-refractivity contribution in [1.29, 1.82) is 0 Å². The summed E-state index contributed by atoms with van der Waals surface area (Å²) in [6.07, 6.45) is 7.97. The molecule has 0 aliphatic heterocycles. The van der Waals surface area contributed by atoms with Crippen LogP contribution >= 0.6 is 11.6 Å². The molecule has 1 aliphatic carbocycles. The lowest BCUT2D eigenvalue weighted by atomic mass is 10.1. The summed E-state index contributed by atoms with van der Waals surface area (Å²) in [5.74, 6) is 0. The highest BCUT2D eigenvalue weighted by Gasteiger charge is 2.00. The standard InChI is InChI=1S/C8H9Cl/c1-2-7-5-3-4-6-8(7)9/h2,4,6H,1,3,5H2. The Labute approximate surface area is 60.5 Å². The zero-order chi connectivity index (χ0) is 6.69. The third-order valence-corrected chi connectivity index (χ3v) is 1.77. The van der Waals surface area contributed by atoms with Gasteiger partial charge in [-0.15, -0.1) is 0 Å². The lowest BCUT2D eigenvalue weighted by Gasteiger charge is -2.05. The minimum atomic E-state index is 0.844. The third-order valence-electron chi connectivity index (χ3n) is 1.40. The Bertz CT molecular complexity index is 175. The van der Waals surface area contributed by atoms with Crippen LogP contribution in [0, 0.1) is 0 Å². The van der Waals surface area contributed by atoms with Crippen LogP contribution in [-0.2, 0) is 0 Å². The van der Waals surface area contributed by atoms with Gasteiger partial charge in [-0.05, 0) is 24.5 Å². The number of hydrogen-bond acceptors (Lipinski definition) is 0. The van der Waals surface area contributed by atoms with Gasteiger partial charge in [-0.25, -0.2) is 0 Å². The fourth-order valence-electron chi connectivity index (χ4n) is 0.852. The van der Waals surface area contributed by atoms with Gasteiger partial charge < -0.3 is 0 Å². The molecule has 0 saturated heterocycles. The number of hydrogen-bond donors (Lipinski definition) is 0. The van der Waals surface area contributed by atoms with Crippen LogP contribution in [0.1, 0.15) is 12.8 Å². The summed E-state index contributed by atoms with van der Waals surface area (Å²) in [5, 5.41) is 0.844. The van der Waals surface area contributed by atoms with Crippen molar-refractivity contribution in [2.75, 3.05) is 0 Å². The van der Waals surface area contributed by atoms with E-state index >= 15 is 0 Å². The van der Waals surface area contributed by atoms with Gasteiger partial charge in [0, 0.05) is 5.03 Å².